The molecule has 1 saturated carbocycles. The summed E-state index contributed by atoms with van der Waals surface area (Å²) >= 11 is 0. The number of ketones is 1. The second-order valence-corrected chi connectivity index (χ2v) is 11.7. The van der Waals surface area contributed by atoms with Crippen LogP contribution in [0.4, 0.5) is 17.5 Å². The summed E-state index contributed by atoms with van der Waals surface area (Å²) in [4.78, 5) is 47.3. The summed E-state index contributed by atoms with van der Waals surface area (Å²) in [6.07, 6.45) is 9.97. The maximum atomic E-state index is 13.5. The third-order valence-electron chi connectivity index (χ3n) is 9.12. The van der Waals surface area contributed by atoms with Gasteiger partial charge in [-0.2, -0.15) is 4.98 Å². The molecule has 2 aliphatic heterocycles. The van der Waals surface area contributed by atoms with Crippen LogP contribution in [0, 0.1) is 6.92 Å². The number of rotatable bonds is 6. The first kappa shape index (κ1) is 26.8. The van der Waals surface area contributed by atoms with E-state index < -0.39 is 0 Å². The van der Waals surface area contributed by atoms with E-state index >= 15 is 0 Å². The normalized spacial score (nSPS) is 19.9. The number of nitrogens with one attached hydrogen (secondary N) is 1. The number of anilines is 3. The van der Waals surface area contributed by atoms with Crippen molar-refractivity contribution in [2.24, 2.45) is 0 Å². The molecule has 40 heavy (non-hydrogen) atoms. The fourth-order valence-corrected chi connectivity index (χ4v) is 6.75. The Hall–Kier alpha value is -3.37. The Bertz CT molecular complexity index is 1430. The number of aromatic nitrogens is 4. The monoisotopic (exact) mass is 544 g/mol. The summed E-state index contributed by atoms with van der Waals surface area (Å²) in [6.45, 7) is 10.0. The largest absolute Gasteiger partial charge is 0.370 e. The molecule has 1 N–H and O–H groups in total. The lowest BCUT2D eigenvalue weighted by Crippen LogP contribution is -2.52. The molecule has 3 aliphatic rings. The van der Waals surface area contributed by atoms with Crippen molar-refractivity contribution in [1.29, 1.82) is 0 Å². The number of nitrogens with zero attached hydrogens (tertiary/aromatic N) is 7. The van der Waals surface area contributed by atoms with Gasteiger partial charge in [0.2, 0.25) is 5.95 Å². The highest BCUT2D eigenvalue weighted by molar-refractivity contribution is 5.99. The van der Waals surface area contributed by atoms with E-state index in [-0.39, 0.29) is 22.9 Å². The first-order chi connectivity index (χ1) is 19.4. The van der Waals surface area contributed by atoms with E-state index in [9.17, 15) is 9.59 Å². The number of carbonyl (C=O) groups is 1. The number of likely N-dealkylation sites (N-methyl/N-ethyl adjacent to an activating group) is 1. The predicted molar refractivity (Wildman–Crippen MR) is 158 cm³/mol. The van der Waals surface area contributed by atoms with E-state index in [1.54, 1.807) is 10.8 Å². The van der Waals surface area contributed by atoms with E-state index in [1.807, 2.05) is 19.2 Å². The van der Waals surface area contributed by atoms with E-state index in [0.29, 0.717) is 29.0 Å². The maximum absolute atomic E-state index is 13.5. The molecule has 6 rings (SSSR count). The Kier molecular flexibility index (Phi) is 7.55. The van der Waals surface area contributed by atoms with Crippen LogP contribution in [0.1, 0.15) is 67.4 Å². The highest BCUT2D eigenvalue weighted by atomic mass is 16.1. The van der Waals surface area contributed by atoms with Gasteiger partial charge in [-0.3, -0.25) is 19.1 Å². The second kappa shape index (κ2) is 11.2. The number of piperazine rings is 1. The molecule has 3 aromatic rings. The number of piperidine rings is 1. The van der Waals surface area contributed by atoms with Gasteiger partial charge in [-0.1, -0.05) is 12.8 Å². The molecule has 1 aliphatic carbocycles. The number of carbonyl (C=O) groups excluding carboxylic acids is 1. The standard InChI is InChI=1S/C30H40N8O2/c1-20-25-19-32-30(34-28(25)38(23-6-4-5-7-23)29(40)27(20)21(2)39)33-26-9-8-24(18-31-26)36-12-10-22(11-13-36)37-16-14-35(3)15-17-37/h8-9,18-19,22-23H,4-7,10-17H2,1-3H3,(H,31,32,33,34). The van der Waals surface area contributed by atoms with Crippen molar-refractivity contribution in [2.75, 3.05) is 56.5 Å². The van der Waals surface area contributed by atoms with Crippen molar-refractivity contribution in [1.82, 2.24) is 29.3 Å². The van der Waals surface area contributed by atoms with Crippen LogP contribution in [-0.4, -0.2) is 87.5 Å². The van der Waals surface area contributed by atoms with Crippen LogP contribution in [0.3, 0.4) is 0 Å². The number of fused-ring (bicyclic) bond motifs is 1. The molecule has 0 bridgehead atoms. The molecule has 0 spiro atoms. The molecule has 0 aromatic carbocycles. The van der Waals surface area contributed by atoms with E-state index in [4.69, 9.17) is 4.98 Å². The summed E-state index contributed by atoms with van der Waals surface area (Å²) in [5.74, 6) is 0.829. The van der Waals surface area contributed by atoms with Gasteiger partial charge >= 0.3 is 0 Å². The molecular formula is C30H40N8O2. The van der Waals surface area contributed by atoms with Gasteiger partial charge in [0.15, 0.2) is 5.78 Å². The third-order valence-corrected chi connectivity index (χ3v) is 9.12. The molecule has 2 saturated heterocycles. The molecule has 212 valence electrons. The number of Topliss-reactive ketones (excluding diaryl/α,β-unsaturated/α-hetero) is 1. The average Bonchev–Trinajstić information content (AvgIpc) is 3.48. The molecule has 0 unspecified atom stereocenters. The molecule has 0 amide bonds. The van der Waals surface area contributed by atoms with Crippen molar-refractivity contribution >= 4 is 34.3 Å². The van der Waals surface area contributed by atoms with Gasteiger partial charge in [-0.25, -0.2) is 9.97 Å². The van der Waals surface area contributed by atoms with Crippen LogP contribution in [0.2, 0.25) is 0 Å². The van der Waals surface area contributed by atoms with Crippen molar-refractivity contribution in [2.45, 2.75) is 64.5 Å². The first-order valence-electron chi connectivity index (χ1n) is 14.7. The van der Waals surface area contributed by atoms with Crippen molar-refractivity contribution in [3.63, 3.8) is 0 Å². The van der Waals surface area contributed by atoms with Gasteiger partial charge in [0.05, 0.1) is 17.4 Å². The van der Waals surface area contributed by atoms with Crippen LogP contribution in [-0.2, 0) is 0 Å². The SMILES string of the molecule is CC(=O)c1c(C)c2cnc(Nc3ccc(N4CCC(N5CCN(C)CC5)CC4)cn3)nc2n(C2CCCC2)c1=O. The second-order valence-electron chi connectivity index (χ2n) is 11.7. The van der Waals surface area contributed by atoms with Crippen LogP contribution in [0.25, 0.3) is 11.0 Å². The zero-order chi connectivity index (χ0) is 27.8. The Balaban J connectivity index is 1.18. The van der Waals surface area contributed by atoms with Gasteiger partial charge < -0.3 is 15.1 Å². The van der Waals surface area contributed by atoms with E-state index in [0.717, 1.165) is 62.9 Å². The van der Waals surface area contributed by atoms with Crippen molar-refractivity contribution in [3.8, 4) is 0 Å². The van der Waals surface area contributed by atoms with Gasteiger partial charge in [0, 0.05) is 62.9 Å². The summed E-state index contributed by atoms with van der Waals surface area (Å²) in [5.41, 5.74) is 2.36. The zero-order valence-electron chi connectivity index (χ0n) is 23.9. The maximum Gasteiger partial charge on any atom is 0.263 e. The van der Waals surface area contributed by atoms with E-state index in [2.05, 4.69) is 43.1 Å². The molecule has 10 heteroatoms. The highest BCUT2D eigenvalue weighted by Gasteiger charge is 2.28. The molecule has 0 atom stereocenters. The Morgan fingerprint density at radius 1 is 0.925 bits per heavy atom. The molecule has 3 aromatic heterocycles. The van der Waals surface area contributed by atoms with Crippen LogP contribution in [0.5, 0.6) is 0 Å². The molecule has 3 fully saturated rings. The molecule has 10 nitrogen and oxygen atoms in total. The number of aryl methyl sites for hydroxylation is 1. The summed E-state index contributed by atoms with van der Waals surface area (Å²) in [7, 11) is 2.21. The molecular weight excluding hydrogens is 504 g/mol. The fraction of sp³-hybridized carbons (Fsp3) is 0.567. The third kappa shape index (κ3) is 5.22. The summed E-state index contributed by atoms with van der Waals surface area (Å²) < 4.78 is 1.74. The van der Waals surface area contributed by atoms with E-state index in [1.165, 1.54) is 32.9 Å². The topological polar surface area (TPSA) is 99.5 Å². The Morgan fingerprint density at radius 2 is 1.65 bits per heavy atom. The minimum Gasteiger partial charge on any atom is -0.370 e. The predicted octanol–water partition coefficient (Wildman–Crippen LogP) is 3.77. The minimum atomic E-state index is -0.243. The number of hydrogen-bond acceptors (Lipinski definition) is 9. The Labute approximate surface area is 235 Å². The van der Waals surface area contributed by atoms with Crippen LogP contribution in [0.15, 0.2) is 29.3 Å². The number of hydrogen-bond donors (Lipinski definition) is 1. The number of pyridine rings is 2. The van der Waals surface area contributed by atoms with Crippen molar-refractivity contribution < 1.29 is 4.79 Å². The molecule has 0 radical (unpaired) electrons. The van der Waals surface area contributed by atoms with Gasteiger partial charge in [-0.15, -0.1) is 0 Å². The quantitative estimate of drug-likeness (QED) is 0.465. The fourth-order valence-electron chi connectivity index (χ4n) is 6.75. The van der Waals surface area contributed by atoms with Gasteiger partial charge in [-0.05, 0) is 64.3 Å². The lowest BCUT2D eigenvalue weighted by atomic mass is 10.0. The van der Waals surface area contributed by atoms with Gasteiger partial charge in [0.1, 0.15) is 11.5 Å². The highest BCUT2D eigenvalue weighted by Crippen LogP contribution is 2.32. The Morgan fingerprint density at radius 3 is 2.30 bits per heavy atom. The van der Waals surface area contributed by atoms with Gasteiger partial charge in [0.25, 0.3) is 5.56 Å². The van der Waals surface area contributed by atoms with Crippen LogP contribution < -0.4 is 15.8 Å². The van der Waals surface area contributed by atoms with Crippen LogP contribution >= 0.6 is 0 Å². The summed E-state index contributed by atoms with van der Waals surface area (Å²) in [6, 6.07) is 4.79. The summed E-state index contributed by atoms with van der Waals surface area (Å²) in [5, 5.41) is 3.97. The average molecular weight is 545 g/mol. The first-order valence-corrected chi connectivity index (χ1v) is 14.7. The molecule has 5 heterocycles. The lowest BCUT2D eigenvalue weighted by molar-refractivity contribution is 0.0982. The minimum absolute atomic E-state index is 0.0502. The zero-order valence-corrected chi connectivity index (χ0v) is 23.9. The lowest BCUT2D eigenvalue weighted by Gasteiger charge is -2.42. The van der Waals surface area contributed by atoms with Crippen molar-refractivity contribution in [3.05, 3.63) is 46.0 Å². The smallest absolute Gasteiger partial charge is 0.263 e.